The molecule has 0 saturated heterocycles. The van der Waals surface area contributed by atoms with Gasteiger partial charge in [0.05, 0.1) is 0 Å². The smallest absolute Gasteiger partial charge is 0.0477 e. The normalized spacial score (nSPS) is 10.0. The van der Waals surface area contributed by atoms with Crippen molar-refractivity contribution in [3.63, 3.8) is 0 Å². The van der Waals surface area contributed by atoms with E-state index in [2.05, 4.69) is 58.7 Å². The van der Waals surface area contributed by atoms with E-state index >= 15 is 0 Å². The fraction of sp³-hybridized carbons (Fsp3) is 0.333. The maximum absolute atomic E-state index is 3.51. The molecule has 0 saturated carbocycles. The maximum Gasteiger partial charge on any atom is 0.0477 e. The summed E-state index contributed by atoms with van der Waals surface area (Å²) in [6, 6.07) is 6.37. The zero-order valence-electron chi connectivity index (χ0n) is 7.47. The van der Waals surface area contributed by atoms with Crippen molar-refractivity contribution < 1.29 is 0 Å². The van der Waals surface area contributed by atoms with Gasteiger partial charge in [0.1, 0.15) is 0 Å². The van der Waals surface area contributed by atoms with Crippen LogP contribution >= 0.6 is 27.9 Å². The van der Waals surface area contributed by atoms with E-state index < -0.39 is 0 Å². The van der Waals surface area contributed by atoms with Crippen molar-refractivity contribution in [3.8, 4) is 0 Å². The molecule has 0 N–H and O–H groups in total. The second-order valence-electron chi connectivity index (χ2n) is 2.61. The maximum atomic E-state index is 3.51. The number of hydrogen-bond donors (Lipinski definition) is 0. The molecule has 0 fully saturated rings. The summed E-state index contributed by atoms with van der Waals surface area (Å²) in [5, 5.41) is 0. The fourth-order valence-electron chi connectivity index (χ4n) is 0.883. The minimum Gasteiger partial charge on any atom is -0.319 e. The molecule has 0 aliphatic rings. The van der Waals surface area contributed by atoms with Gasteiger partial charge in [-0.2, -0.15) is 0 Å². The van der Waals surface area contributed by atoms with Gasteiger partial charge in [0, 0.05) is 23.5 Å². The monoisotopic (exact) mass is 245 g/mol. The van der Waals surface area contributed by atoms with Gasteiger partial charge in [0.15, 0.2) is 0 Å². The first kappa shape index (κ1) is 9.93. The molecule has 0 unspecified atom stereocenters. The molecule has 0 amide bonds. The molecule has 12 heavy (non-hydrogen) atoms. The Morgan fingerprint density at radius 3 is 2.58 bits per heavy atom. The Hall–Kier alpha value is -0.150. The van der Waals surface area contributed by atoms with Crippen LogP contribution in [0.1, 0.15) is 5.56 Å². The Balaban J connectivity index is 2.96. The molecule has 3 heteroatoms. The third kappa shape index (κ3) is 2.17. The average molecular weight is 246 g/mol. The summed E-state index contributed by atoms with van der Waals surface area (Å²) in [4.78, 5) is 0. The molecular formula is C9H12BrNS. The van der Waals surface area contributed by atoms with Crippen molar-refractivity contribution >= 4 is 33.6 Å². The molecule has 0 aromatic heterocycles. The summed E-state index contributed by atoms with van der Waals surface area (Å²) in [5.74, 6) is 0. The molecule has 0 bridgehead atoms. The summed E-state index contributed by atoms with van der Waals surface area (Å²) in [6.07, 6.45) is 2.06. The zero-order chi connectivity index (χ0) is 9.14. The lowest BCUT2D eigenvalue weighted by atomic mass is 10.2. The van der Waals surface area contributed by atoms with E-state index in [0.29, 0.717) is 0 Å². The van der Waals surface area contributed by atoms with Crippen molar-refractivity contribution in [3.05, 3.63) is 28.2 Å². The summed E-state index contributed by atoms with van der Waals surface area (Å²) < 4.78 is 3.30. The fourth-order valence-corrected chi connectivity index (χ4v) is 1.57. The number of hydrogen-bond acceptors (Lipinski definition) is 2. The van der Waals surface area contributed by atoms with Crippen LogP contribution in [0.3, 0.4) is 0 Å². The zero-order valence-corrected chi connectivity index (χ0v) is 9.87. The van der Waals surface area contributed by atoms with Crippen molar-refractivity contribution in [1.82, 2.24) is 0 Å². The first-order chi connectivity index (χ1) is 5.65. The molecule has 0 aliphatic carbocycles. The van der Waals surface area contributed by atoms with Crippen molar-refractivity contribution in [1.29, 1.82) is 0 Å². The predicted octanol–water partition coefficient (Wildman–Crippen LogP) is 3.47. The number of anilines is 1. The van der Waals surface area contributed by atoms with E-state index in [9.17, 15) is 0 Å². The number of nitrogens with zero attached hydrogens (tertiary/aromatic N) is 1. The highest BCUT2D eigenvalue weighted by atomic mass is 79.9. The van der Waals surface area contributed by atoms with Crippen LogP contribution in [0.2, 0.25) is 0 Å². The highest BCUT2D eigenvalue weighted by Gasteiger charge is 2.00. The molecule has 0 radical (unpaired) electrons. The predicted molar refractivity (Wildman–Crippen MR) is 60.8 cm³/mol. The van der Waals surface area contributed by atoms with Crippen LogP contribution in [0, 0.1) is 6.92 Å². The van der Waals surface area contributed by atoms with Crippen LogP contribution in [0.4, 0.5) is 5.69 Å². The van der Waals surface area contributed by atoms with Gasteiger partial charge in [-0.05, 0) is 24.6 Å². The van der Waals surface area contributed by atoms with Crippen LogP contribution in [-0.4, -0.2) is 13.3 Å². The third-order valence-electron chi connectivity index (χ3n) is 1.79. The van der Waals surface area contributed by atoms with Gasteiger partial charge in [0.25, 0.3) is 0 Å². The van der Waals surface area contributed by atoms with E-state index in [0.717, 1.165) is 0 Å². The second-order valence-corrected chi connectivity index (χ2v) is 4.38. The molecule has 1 aromatic carbocycles. The Morgan fingerprint density at radius 2 is 2.08 bits per heavy atom. The Kier molecular flexibility index (Phi) is 3.47. The van der Waals surface area contributed by atoms with Crippen LogP contribution in [0.25, 0.3) is 0 Å². The first-order valence-electron chi connectivity index (χ1n) is 3.69. The van der Waals surface area contributed by atoms with Crippen molar-refractivity contribution in [2.45, 2.75) is 6.92 Å². The van der Waals surface area contributed by atoms with E-state index in [1.165, 1.54) is 15.7 Å². The number of aryl methyl sites for hydroxylation is 1. The van der Waals surface area contributed by atoms with E-state index in [1.807, 2.05) is 0 Å². The Labute approximate surface area is 86.4 Å². The number of benzene rings is 1. The minimum absolute atomic E-state index is 1.17. The van der Waals surface area contributed by atoms with Gasteiger partial charge < -0.3 is 4.31 Å². The Bertz CT molecular complexity index is 275. The Morgan fingerprint density at radius 1 is 1.42 bits per heavy atom. The molecular weight excluding hydrogens is 234 g/mol. The molecule has 1 nitrogen and oxygen atoms in total. The molecule has 1 aromatic rings. The summed E-state index contributed by atoms with van der Waals surface area (Å²) in [6.45, 7) is 2.09. The van der Waals surface area contributed by atoms with Crippen LogP contribution in [0.15, 0.2) is 22.7 Å². The molecule has 0 atom stereocenters. The molecule has 1 rings (SSSR count). The largest absolute Gasteiger partial charge is 0.319 e. The molecule has 66 valence electrons. The standard InChI is InChI=1S/C9H12BrNS/c1-7-4-5-8(6-9(7)10)11(2)12-3/h4-6H,1-3H3. The number of rotatable bonds is 2. The van der Waals surface area contributed by atoms with Crippen molar-refractivity contribution in [2.24, 2.45) is 0 Å². The molecule has 0 aliphatic heterocycles. The minimum atomic E-state index is 1.17. The van der Waals surface area contributed by atoms with Gasteiger partial charge >= 0.3 is 0 Å². The third-order valence-corrected chi connectivity index (χ3v) is 3.41. The van der Waals surface area contributed by atoms with Gasteiger partial charge in [-0.1, -0.05) is 33.9 Å². The first-order valence-corrected chi connectivity index (χ1v) is 5.66. The highest BCUT2D eigenvalue weighted by molar-refractivity contribution is 9.10. The lowest BCUT2D eigenvalue weighted by Gasteiger charge is -2.15. The van der Waals surface area contributed by atoms with Crippen LogP contribution in [-0.2, 0) is 0 Å². The van der Waals surface area contributed by atoms with Gasteiger partial charge in [-0.25, -0.2) is 0 Å². The van der Waals surface area contributed by atoms with E-state index in [4.69, 9.17) is 0 Å². The highest BCUT2D eigenvalue weighted by Crippen LogP contribution is 2.25. The van der Waals surface area contributed by atoms with Crippen LogP contribution in [0.5, 0.6) is 0 Å². The van der Waals surface area contributed by atoms with Gasteiger partial charge in [-0.15, -0.1) is 0 Å². The summed E-state index contributed by atoms with van der Waals surface area (Å²) in [5.41, 5.74) is 2.49. The van der Waals surface area contributed by atoms with Crippen molar-refractivity contribution in [2.75, 3.05) is 17.6 Å². The van der Waals surface area contributed by atoms with E-state index in [-0.39, 0.29) is 0 Å². The van der Waals surface area contributed by atoms with Gasteiger partial charge in [-0.3, -0.25) is 0 Å². The quantitative estimate of drug-likeness (QED) is 0.735. The lowest BCUT2D eigenvalue weighted by molar-refractivity contribution is 1.33. The lowest BCUT2D eigenvalue weighted by Crippen LogP contribution is -2.04. The van der Waals surface area contributed by atoms with Crippen LogP contribution < -0.4 is 4.31 Å². The summed E-state index contributed by atoms with van der Waals surface area (Å²) in [7, 11) is 2.06. The van der Waals surface area contributed by atoms with E-state index in [1.54, 1.807) is 11.9 Å². The van der Waals surface area contributed by atoms with Gasteiger partial charge in [0.2, 0.25) is 0 Å². The molecule has 0 heterocycles. The SMILES string of the molecule is CSN(C)c1ccc(C)c(Br)c1. The second kappa shape index (κ2) is 4.19. The topological polar surface area (TPSA) is 3.24 Å². The number of halogens is 1. The summed E-state index contributed by atoms with van der Waals surface area (Å²) >= 11 is 5.21. The molecule has 0 spiro atoms. The average Bonchev–Trinajstić information content (AvgIpc) is 2.08.